The molecule has 0 radical (unpaired) electrons. The van der Waals surface area contributed by atoms with Crippen molar-refractivity contribution < 1.29 is 75.3 Å². The van der Waals surface area contributed by atoms with Crippen molar-refractivity contribution in [1.82, 2.24) is 50.7 Å². The van der Waals surface area contributed by atoms with Gasteiger partial charge in [-0.15, -0.1) is 0 Å². The number of sulfonamides is 1. The number of benzene rings is 6. The molecule has 6 amide bonds. The number of nitrogens with one attached hydrogen (secondary N) is 8. The van der Waals surface area contributed by atoms with Crippen LogP contribution in [-0.4, -0.2) is 152 Å². The van der Waals surface area contributed by atoms with Crippen LogP contribution in [0.1, 0.15) is 141 Å². The first-order valence-electron chi connectivity index (χ1n) is 37.0. The van der Waals surface area contributed by atoms with Gasteiger partial charge >= 0.3 is 24.0 Å². The number of fused-ring (bicyclic) bond motifs is 1. The molecule has 0 unspecified atom stereocenters. The predicted molar refractivity (Wildman–Crippen MR) is 421 cm³/mol. The molecule has 2 heterocycles. The molecule has 3 atom stereocenters. The third kappa shape index (κ3) is 25.0. The number of alkyl carbamates (subject to hydrolysis) is 1. The molecule has 2 aromatic heterocycles. The van der Waals surface area contributed by atoms with Gasteiger partial charge in [-0.25, -0.2) is 18.2 Å². The van der Waals surface area contributed by atoms with E-state index in [1.807, 2.05) is 73.8 Å². The third-order valence-corrected chi connectivity index (χ3v) is 19.4. The number of methoxy groups -OCH3 is 1. The Morgan fingerprint density at radius 2 is 1.10 bits per heavy atom. The van der Waals surface area contributed by atoms with Crippen molar-refractivity contribution in [3.8, 4) is 0 Å². The van der Waals surface area contributed by atoms with E-state index >= 15 is 0 Å². The molecule has 0 bridgehead atoms. The molecule has 596 valence electrons. The Morgan fingerprint density at radius 1 is 0.580 bits per heavy atom. The minimum Gasteiger partial charge on any atom is -0.468 e. The smallest absolute Gasteiger partial charge is 0.408 e. The minimum absolute atomic E-state index is 0.0319. The van der Waals surface area contributed by atoms with Gasteiger partial charge in [-0.2, -0.15) is 4.72 Å². The summed E-state index contributed by atoms with van der Waals surface area (Å²) in [6, 6.07) is 43.1. The van der Waals surface area contributed by atoms with Crippen molar-refractivity contribution in [2.75, 3.05) is 51.8 Å². The van der Waals surface area contributed by atoms with Crippen LogP contribution in [0.5, 0.6) is 0 Å². The van der Waals surface area contributed by atoms with Crippen molar-refractivity contribution in [3.05, 3.63) is 231 Å². The molecular formula is C83H101N11O17S. The van der Waals surface area contributed by atoms with Crippen molar-refractivity contribution >= 4 is 80.4 Å². The lowest BCUT2D eigenvalue weighted by molar-refractivity contribution is -0.158. The molecule has 6 aromatic carbocycles. The normalized spacial score (nSPS) is 12.4. The van der Waals surface area contributed by atoms with Crippen LogP contribution >= 0.6 is 0 Å². The highest BCUT2D eigenvalue weighted by Gasteiger charge is 2.40. The fourth-order valence-electron chi connectivity index (χ4n) is 12.8. The number of amides is 6. The average Bonchev–Trinajstić information content (AvgIpc) is 1.28. The average molecular weight is 1560 g/mol. The SMILES string of the molecule is COC(=O)[C@H](CNC(=O)c1cn(CCCNC(=O)CCC(=O)NCCCOCCCNC(=O)[C@@H](CC(=O)OC(C)(C)C)NC(=O)[C@@H](CC(=O)OC(C)(C)C)NC(=O)OCc2ccccc2)c2cc(CNc3nccn3C(c3ccccc3)(c3ccccc3)c3ccccc3)ccc2c1=O)NS(=O)(=O)c1c(C)cc(C)cc1C. The van der Waals surface area contributed by atoms with Gasteiger partial charge in [0.15, 0.2) is 0 Å². The molecule has 8 N–H and O–H groups in total. The number of rotatable bonds is 39. The Kier molecular flexibility index (Phi) is 31.0. The third-order valence-electron chi connectivity index (χ3n) is 17.6. The zero-order valence-corrected chi connectivity index (χ0v) is 65.7. The van der Waals surface area contributed by atoms with E-state index in [2.05, 4.69) is 82.9 Å². The highest BCUT2D eigenvalue weighted by atomic mass is 32.2. The van der Waals surface area contributed by atoms with Crippen molar-refractivity contribution in [2.45, 2.75) is 167 Å². The van der Waals surface area contributed by atoms with Crippen LogP contribution in [0.2, 0.25) is 0 Å². The van der Waals surface area contributed by atoms with Gasteiger partial charge in [-0.3, -0.25) is 47.7 Å². The summed E-state index contributed by atoms with van der Waals surface area (Å²) in [6.07, 6.45) is 3.52. The Labute approximate surface area is 652 Å². The van der Waals surface area contributed by atoms with Crippen molar-refractivity contribution in [2.24, 2.45) is 0 Å². The Bertz CT molecular complexity index is 4640. The summed E-state index contributed by atoms with van der Waals surface area (Å²) in [5.74, 6) is -5.49. The molecular weight excluding hydrogens is 1460 g/mol. The number of aromatic nitrogens is 3. The van der Waals surface area contributed by atoms with Crippen molar-refractivity contribution in [1.29, 1.82) is 0 Å². The summed E-state index contributed by atoms with van der Waals surface area (Å²) < 4.78 is 60.7. The molecule has 112 heavy (non-hydrogen) atoms. The fraction of sp³-hybridized carbons (Fsp3) is 0.386. The van der Waals surface area contributed by atoms with Gasteiger partial charge in [0.2, 0.25) is 45.0 Å². The zero-order chi connectivity index (χ0) is 81.2. The topological polar surface area (TPSA) is 370 Å². The Morgan fingerprint density at radius 3 is 1.63 bits per heavy atom. The van der Waals surface area contributed by atoms with Crippen LogP contribution in [0.3, 0.4) is 0 Å². The number of carbonyl (C=O) groups is 9. The first-order chi connectivity index (χ1) is 53.3. The van der Waals surface area contributed by atoms with Crippen LogP contribution in [0.25, 0.3) is 10.9 Å². The van der Waals surface area contributed by atoms with E-state index in [1.165, 1.54) is 6.20 Å². The van der Waals surface area contributed by atoms with Crippen LogP contribution in [-0.2, 0) is 92.5 Å². The predicted octanol–water partition coefficient (Wildman–Crippen LogP) is 8.38. The van der Waals surface area contributed by atoms with E-state index in [-0.39, 0.29) is 93.6 Å². The van der Waals surface area contributed by atoms with Crippen LogP contribution in [0, 0.1) is 20.8 Å². The number of anilines is 1. The van der Waals surface area contributed by atoms with E-state index < -0.39 is 117 Å². The number of imidazole rings is 1. The second-order valence-corrected chi connectivity index (χ2v) is 30.6. The molecule has 8 aromatic rings. The van der Waals surface area contributed by atoms with Gasteiger partial charge in [0.05, 0.1) is 30.4 Å². The van der Waals surface area contributed by atoms with Crippen LogP contribution in [0.4, 0.5) is 10.7 Å². The molecule has 0 saturated carbocycles. The number of hydrogen-bond acceptors (Lipinski definition) is 19. The second kappa shape index (κ2) is 40.4. The molecule has 28 nitrogen and oxygen atoms in total. The number of esters is 3. The van der Waals surface area contributed by atoms with Gasteiger partial charge in [0.25, 0.3) is 5.91 Å². The summed E-state index contributed by atoms with van der Waals surface area (Å²) in [7, 11) is -3.27. The second-order valence-electron chi connectivity index (χ2n) is 28.9. The highest BCUT2D eigenvalue weighted by Crippen LogP contribution is 2.42. The number of nitrogens with zero attached hydrogens (tertiary/aromatic N) is 3. The van der Waals surface area contributed by atoms with E-state index in [4.69, 9.17) is 28.7 Å². The maximum atomic E-state index is 14.5. The molecule has 0 aliphatic rings. The number of hydrogen-bond donors (Lipinski definition) is 8. The molecule has 8 rings (SSSR count). The van der Waals surface area contributed by atoms with E-state index in [0.29, 0.717) is 41.0 Å². The largest absolute Gasteiger partial charge is 0.468 e. The fourth-order valence-corrected chi connectivity index (χ4v) is 14.4. The first-order valence-corrected chi connectivity index (χ1v) is 38.5. The molecule has 0 saturated heterocycles. The van der Waals surface area contributed by atoms with Gasteiger partial charge in [0, 0.05) is 89.3 Å². The summed E-state index contributed by atoms with van der Waals surface area (Å²) in [4.78, 5) is 139. The molecule has 0 fully saturated rings. The van der Waals surface area contributed by atoms with Gasteiger partial charge < -0.3 is 65.5 Å². The lowest BCUT2D eigenvalue weighted by atomic mass is 9.76. The number of pyridine rings is 1. The zero-order valence-electron chi connectivity index (χ0n) is 64.9. The van der Waals surface area contributed by atoms with Crippen molar-refractivity contribution in [3.63, 3.8) is 0 Å². The molecule has 0 aliphatic heterocycles. The van der Waals surface area contributed by atoms with E-state index in [9.17, 15) is 56.4 Å². The summed E-state index contributed by atoms with van der Waals surface area (Å²) in [6.45, 7) is 15.4. The lowest BCUT2D eigenvalue weighted by Crippen LogP contribution is -2.55. The summed E-state index contributed by atoms with van der Waals surface area (Å²) in [5, 5.41) is 19.5. The molecule has 0 spiro atoms. The minimum atomic E-state index is -4.35. The maximum Gasteiger partial charge on any atom is 0.408 e. The van der Waals surface area contributed by atoms with Gasteiger partial charge in [-0.05, 0) is 133 Å². The molecule has 29 heteroatoms. The van der Waals surface area contributed by atoms with Gasteiger partial charge in [0.1, 0.15) is 47.0 Å². The number of aryl methyl sites for hydroxylation is 4. The van der Waals surface area contributed by atoms with Crippen LogP contribution in [0.15, 0.2) is 180 Å². The Hall–Kier alpha value is -11.6. The standard InChI is InChI=1S/C83H101N11O17S/c1-55-46-56(2)74(57(3)47-55)112(105,106)92-67(78(103)107-10)52-88-75(100)64-53-93(68-48-59(34-35-63(68)73(64)99)51-89-79-87-41-43-94(79)83(60-28-17-12-18-29-60,61-30-19-13-20-31-61)62-32-21-14-22-33-62)42-23-38-84-69(95)36-37-70(96)85-39-24-44-108-45-25-40-86-76(101)65(49-71(97)110-81(4,5)6)90-77(102)66(50-72(98)111-82(7,8)9)91-80(104)109-54-58-26-15-11-16-27-58/h11-22,26-35,41,43,46-48,53,65-67,92H,23-25,36-40,42,44-45,49-52,54H2,1-10H3,(H,84,95)(H,85,96)(H,86,101)(H,87,89)(H,88,100)(H,90,102)(H,91,104)/t65-,66-,67+/m1/s1. The number of carbonyl (C=O) groups excluding carboxylic acids is 9. The monoisotopic (exact) mass is 1560 g/mol. The summed E-state index contributed by atoms with van der Waals surface area (Å²) >= 11 is 0. The van der Waals surface area contributed by atoms with E-state index in [1.54, 1.807) is 121 Å². The molecule has 0 aliphatic carbocycles. The van der Waals surface area contributed by atoms with Crippen LogP contribution < -0.4 is 47.4 Å². The van der Waals surface area contributed by atoms with Gasteiger partial charge in [-0.1, -0.05) is 145 Å². The highest BCUT2D eigenvalue weighted by molar-refractivity contribution is 7.89. The first kappa shape index (κ1) is 86.0. The maximum absolute atomic E-state index is 14.5. The van der Waals surface area contributed by atoms with E-state index in [0.717, 1.165) is 34.9 Å². The summed E-state index contributed by atoms with van der Waals surface area (Å²) in [5.41, 5.74) is 2.82. The quantitative estimate of drug-likeness (QED) is 0.00775. The lowest BCUT2D eigenvalue weighted by Gasteiger charge is -2.38. The Balaban J connectivity index is 0.861. The number of ether oxygens (including phenoxy) is 5.